The van der Waals surface area contributed by atoms with E-state index in [2.05, 4.69) is 5.32 Å². The number of carboxylic acid groups (broad SMARTS) is 1. The molecule has 2 heterocycles. The van der Waals surface area contributed by atoms with Gasteiger partial charge < -0.3 is 24.8 Å². The lowest BCUT2D eigenvalue weighted by molar-refractivity contribution is -0.141. The third-order valence-electron chi connectivity index (χ3n) is 4.70. The molecule has 1 aromatic carbocycles. The average Bonchev–Trinajstić information content (AvgIpc) is 3.09. The van der Waals surface area contributed by atoms with Gasteiger partial charge in [-0.15, -0.1) is 0 Å². The summed E-state index contributed by atoms with van der Waals surface area (Å²) in [7, 11) is 0. The fourth-order valence-electron chi connectivity index (χ4n) is 3.26. The predicted molar refractivity (Wildman–Crippen MR) is 90.9 cm³/mol. The smallest absolute Gasteiger partial charge is 0.317 e. The second-order valence-corrected chi connectivity index (χ2v) is 6.84. The molecular formula is C18H24N2O5. The van der Waals surface area contributed by atoms with Gasteiger partial charge in [-0.05, 0) is 30.0 Å². The number of rotatable bonds is 4. The largest absolute Gasteiger partial charge is 0.486 e. The van der Waals surface area contributed by atoms with Crippen molar-refractivity contribution in [1.29, 1.82) is 0 Å². The van der Waals surface area contributed by atoms with E-state index in [0.29, 0.717) is 37.7 Å². The van der Waals surface area contributed by atoms with Gasteiger partial charge in [0.05, 0.1) is 12.0 Å². The zero-order valence-electron chi connectivity index (χ0n) is 14.5. The fraction of sp³-hybridized carbons (Fsp3) is 0.556. The second-order valence-electron chi connectivity index (χ2n) is 6.84. The van der Waals surface area contributed by atoms with Crippen LogP contribution in [0.1, 0.15) is 31.9 Å². The summed E-state index contributed by atoms with van der Waals surface area (Å²) >= 11 is 0. The molecule has 2 unspecified atom stereocenters. The van der Waals surface area contributed by atoms with Gasteiger partial charge in [0.2, 0.25) is 0 Å². The minimum absolute atomic E-state index is 0.171. The van der Waals surface area contributed by atoms with Gasteiger partial charge in [0, 0.05) is 13.1 Å². The number of hydrogen-bond donors (Lipinski definition) is 2. The Morgan fingerprint density at radius 2 is 1.96 bits per heavy atom. The van der Waals surface area contributed by atoms with Crippen LogP contribution in [0.25, 0.3) is 0 Å². The second kappa shape index (κ2) is 7.21. The molecule has 0 spiro atoms. The number of aliphatic carboxylic acids is 1. The monoisotopic (exact) mass is 348 g/mol. The minimum atomic E-state index is -0.845. The maximum atomic E-state index is 12.6. The number of ether oxygens (including phenoxy) is 2. The number of hydrogen-bond acceptors (Lipinski definition) is 4. The molecule has 3 rings (SSSR count). The number of benzene rings is 1. The summed E-state index contributed by atoms with van der Waals surface area (Å²) in [5, 5.41) is 12.1. The van der Waals surface area contributed by atoms with Crippen molar-refractivity contribution in [1.82, 2.24) is 10.2 Å². The molecule has 136 valence electrons. The fourth-order valence-corrected chi connectivity index (χ4v) is 3.26. The zero-order chi connectivity index (χ0) is 18.0. The Bertz CT molecular complexity index is 661. The van der Waals surface area contributed by atoms with E-state index in [0.717, 1.165) is 5.56 Å². The topological polar surface area (TPSA) is 88.1 Å². The van der Waals surface area contributed by atoms with Gasteiger partial charge >= 0.3 is 12.0 Å². The number of urea groups is 1. The van der Waals surface area contributed by atoms with E-state index in [1.54, 1.807) is 4.90 Å². The first-order valence-electron chi connectivity index (χ1n) is 8.63. The highest BCUT2D eigenvalue weighted by Crippen LogP contribution is 2.34. The number of nitrogens with zero attached hydrogens (tertiary/aromatic N) is 1. The highest BCUT2D eigenvalue weighted by Gasteiger charge is 2.32. The summed E-state index contributed by atoms with van der Waals surface area (Å²) in [6.45, 7) is 5.84. The van der Waals surface area contributed by atoms with E-state index < -0.39 is 11.9 Å². The van der Waals surface area contributed by atoms with E-state index in [4.69, 9.17) is 14.6 Å². The van der Waals surface area contributed by atoms with Gasteiger partial charge in [-0.25, -0.2) is 4.79 Å². The molecule has 7 heteroatoms. The van der Waals surface area contributed by atoms with Crippen LogP contribution >= 0.6 is 0 Å². The van der Waals surface area contributed by atoms with Gasteiger partial charge in [-0.3, -0.25) is 4.79 Å². The highest BCUT2D eigenvalue weighted by atomic mass is 16.6. The Hall–Kier alpha value is -2.44. The maximum absolute atomic E-state index is 12.6. The molecule has 2 aliphatic rings. The number of nitrogens with one attached hydrogen (secondary N) is 1. The van der Waals surface area contributed by atoms with Crippen LogP contribution in [-0.2, 0) is 4.79 Å². The number of amides is 2. The molecule has 7 nitrogen and oxygen atoms in total. The van der Waals surface area contributed by atoms with Crippen molar-refractivity contribution in [3.63, 3.8) is 0 Å². The Morgan fingerprint density at radius 3 is 2.60 bits per heavy atom. The summed E-state index contributed by atoms with van der Waals surface area (Å²) in [6.07, 6.45) is 0.499. The Labute approximate surface area is 146 Å². The third-order valence-corrected chi connectivity index (χ3v) is 4.70. The van der Waals surface area contributed by atoms with Crippen molar-refractivity contribution in [2.75, 3.05) is 26.3 Å². The molecular weight excluding hydrogens is 324 g/mol. The lowest BCUT2D eigenvalue weighted by atomic mass is 9.95. The molecule has 0 radical (unpaired) electrons. The number of carbonyl (C=O) groups is 2. The van der Waals surface area contributed by atoms with Gasteiger partial charge in [0.1, 0.15) is 13.2 Å². The first-order chi connectivity index (χ1) is 12.0. The van der Waals surface area contributed by atoms with Crippen LogP contribution in [0.4, 0.5) is 4.79 Å². The molecule has 2 N–H and O–H groups in total. The van der Waals surface area contributed by atoms with Crippen molar-refractivity contribution in [3.8, 4) is 11.5 Å². The summed E-state index contributed by atoms with van der Waals surface area (Å²) < 4.78 is 11.2. The first kappa shape index (κ1) is 17.4. The zero-order valence-corrected chi connectivity index (χ0v) is 14.5. The van der Waals surface area contributed by atoms with Crippen LogP contribution in [0, 0.1) is 11.8 Å². The normalized spacial score (nSPS) is 20.4. The summed E-state index contributed by atoms with van der Waals surface area (Å²) in [5.41, 5.74) is 0.946. The van der Waals surface area contributed by atoms with Crippen LogP contribution in [0.15, 0.2) is 18.2 Å². The van der Waals surface area contributed by atoms with E-state index in [1.165, 1.54) is 0 Å². The maximum Gasteiger partial charge on any atom is 0.317 e. The SMILES string of the molecule is CC(C)C(NC(=O)N1CCC(C(=O)O)C1)c1ccc2c(c1)OCCO2. The van der Waals surface area contributed by atoms with Crippen LogP contribution in [0.5, 0.6) is 11.5 Å². The van der Waals surface area contributed by atoms with Gasteiger partial charge in [0.25, 0.3) is 0 Å². The number of fused-ring (bicyclic) bond motifs is 1. The van der Waals surface area contributed by atoms with Crippen molar-refractivity contribution < 1.29 is 24.2 Å². The van der Waals surface area contributed by atoms with Crippen molar-refractivity contribution >= 4 is 12.0 Å². The minimum Gasteiger partial charge on any atom is -0.486 e. The standard InChI is InChI=1S/C18H24N2O5/c1-11(2)16(12-3-4-14-15(9-12)25-8-7-24-14)19-18(23)20-6-5-13(10-20)17(21)22/h3-4,9,11,13,16H,5-8,10H2,1-2H3,(H,19,23)(H,21,22). The van der Waals surface area contributed by atoms with Crippen LogP contribution in [0.2, 0.25) is 0 Å². The molecule has 2 aliphatic heterocycles. The molecule has 1 saturated heterocycles. The quantitative estimate of drug-likeness (QED) is 0.871. The highest BCUT2D eigenvalue weighted by molar-refractivity contribution is 5.77. The molecule has 1 fully saturated rings. The first-order valence-corrected chi connectivity index (χ1v) is 8.63. The summed E-state index contributed by atoms with van der Waals surface area (Å²) in [4.78, 5) is 25.2. The number of likely N-dealkylation sites (tertiary alicyclic amines) is 1. The molecule has 2 atom stereocenters. The lowest BCUT2D eigenvalue weighted by Crippen LogP contribution is -2.42. The summed E-state index contributed by atoms with van der Waals surface area (Å²) in [6, 6.07) is 5.29. The summed E-state index contributed by atoms with van der Waals surface area (Å²) in [5.74, 6) is 0.257. The van der Waals surface area contributed by atoms with Crippen molar-refractivity contribution in [2.45, 2.75) is 26.3 Å². The van der Waals surface area contributed by atoms with Crippen LogP contribution in [0.3, 0.4) is 0 Å². The molecule has 0 aromatic heterocycles. The van der Waals surface area contributed by atoms with E-state index in [9.17, 15) is 9.59 Å². The Balaban J connectivity index is 1.71. The number of carbonyl (C=O) groups excluding carboxylic acids is 1. The van der Waals surface area contributed by atoms with Crippen molar-refractivity contribution in [2.24, 2.45) is 11.8 Å². The molecule has 25 heavy (non-hydrogen) atoms. The van der Waals surface area contributed by atoms with E-state index >= 15 is 0 Å². The third kappa shape index (κ3) is 3.81. The van der Waals surface area contributed by atoms with Crippen molar-refractivity contribution in [3.05, 3.63) is 23.8 Å². The van der Waals surface area contributed by atoms with E-state index in [-0.39, 0.29) is 24.5 Å². The molecule has 1 aromatic rings. The Morgan fingerprint density at radius 1 is 1.24 bits per heavy atom. The van der Waals surface area contributed by atoms with Gasteiger partial charge in [-0.2, -0.15) is 0 Å². The molecule has 0 aliphatic carbocycles. The Kier molecular flexibility index (Phi) is 5.01. The van der Waals surface area contributed by atoms with Crippen LogP contribution < -0.4 is 14.8 Å². The average molecular weight is 348 g/mol. The van der Waals surface area contributed by atoms with E-state index in [1.807, 2.05) is 32.0 Å². The molecule has 0 bridgehead atoms. The lowest BCUT2D eigenvalue weighted by Gasteiger charge is -2.27. The molecule has 0 saturated carbocycles. The van der Waals surface area contributed by atoms with Gasteiger partial charge in [-0.1, -0.05) is 19.9 Å². The predicted octanol–water partition coefficient (Wildman–Crippen LogP) is 2.27. The molecule has 2 amide bonds. The number of carboxylic acids is 1. The van der Waals surface area contributed by atoms with Crippen LogP contribution in [-0.4, -0.2) is 48.3 Å². The van der Waals surface area contributed by atoms with Gasteiger partial charge in [0.15, 0.2) is 11.5 Å².